The molecule has 0 saturated heterocycles. The summed E-state index contributed by atoms with van der Waals surface area (Å²) in [5.74, 6) is -0.00289. The second-order valence-corrected chi connectivity index (χ2v) is 6.89. The Labute approximate surface area is 171 Å². The molecule has 0 saturated carbocycles. The molecular weight excluding hydrogens is 367 g/mol. The molecule has 0 aliphatic rings. The molecule has 0 aliphatic carbocycles. The molecule has 6 heteroatoms. The molecule has 0 bridgehead atoms. The molecule has 1 amide bonds. The SMILES string of the molecule is C=CCCN(CCC)CC(=O)Nc1cc2cc(-c3cccnc3)c(F)cc2cn1.[HH]. The Hall–Kier alpha value is -3.12. The van der Waals surface area contributed by atoms with Gasteiger partial charge in [-0.1, -0.05) is 19.1 Å². The average Bonchev–Trinajstić information content (AvgIpc) is 2.72. The number of nitrogens with one attached hydrogen (secondary N) is 1. The summed E-state index contributed by atoms with van der Waals surface area (Å²) in [7, 11) is 0. The molecule has 29 heavy (non-hydrogen) atoms. The maximum atomic E-state index is 14.5. The molecule has 0 spiro atoms. The molecule has 3 aromatic rings. The minimum Gasteiger partial charge on any atom is -0.310 e. The smallest absolute Gasteiger partial charge is 0.239 e. The van der Waals surface area contributed by atoms with Gasteiger partial charge in [0.15, 0.2) is 0 Å². The van der Waals surface area contributed by atoms with Crippen molar-refractivity contribution in [2.45, 2.75) is 19.8 Å². The van der Waals surface area contributed by atoms with E-state index in [4.69, 9.17) is 0 Å². The number of nitrogens with zero attached hydrogens (tertiary/aromatic N) is 3. The number of amides is 1. The van der Waals surface area contributed by atoms with Gasteiger partial charge < -0.3 is 5.32 Å². The average molecular weight is 394 g/mol. The van der Waals surface area contributed by atoms with E-state index in [1.54, 1.807) is 36.8 Å². The molecular formula is C23H27FN4O. The molecule has 0 fully saturated rings. The molecule has 1 aromatic carbocycles. The van der Waals surface area contributed by atoms with Crippen LogP contribution in [0.2, 0.25) is 0 Å². The number of halogens is 1. The molecule has 2 heterocycles. The summed E-state index contributed by atoms with van der Waals surface area (Å²) in [6.07, 6.45) is 8.51. The minimum atomic E-state index is -0.332. The van der Waals surface area contributed by atoms with E-state index in [9.17, 15) is 9.18 Å². The molecule has 0 aliphatic heterocycles. The highest BCUT2D eigenvalue weighted by atomic mass is 19.1. The highest BCUT2D eigenvalue weighted by Gasteiger charge is 2.12. The highest BCUT2D eigenvalue weighted by molar-refractivity contribution is 5.94. The zero-order valence-corrected chi connectivity index (χ0v) is 16.6. The van der Waals surface area contributed by atoms with E-state index in [1.165, 1.54) is 6.07 Å². The fourth-order valence-corrected chi connectivity index (χ4v) is 3.22. The molecule has 1 N–H and O–H groups in total. The normalized spacial score (nSPS) is 11.0. The summed E-state index contributed by atoms with van der Waals surface area (Å²) in [5, 5.41) is 4.32. The predicted molar refractivity (Wildman–Crippen MR) is 117 cm³/mol. The molecule has 2 aromatic heterocycles. The van der Waals surface area contributed by atoms with E-state index < -0.39 is 0 Å². The fourth-order valence-electron chi connectivity index (χ4n) is 3.22. The first-order chi connectivity index (χ1) is 14.1. The van der Waals surface area contributed by atoms with Crippen LogP contribution in [0.1, 0.15) is 21.2 Å². The number of benzene rings is 1. The topological polar surface area (TPSA) is 58.1 Å². The van der Waals surface area contributed by atoms with Crippen LogP contribution in [0.5, 0.6) is 0 Å². The van der Waals surface area contributed by atoms with Crippen molar-refractivity contribution in [2.75, 3.05) is 25.0 Å². The van der Waals surface area contributed by atoms with Gasteiger partial charge in [0.1, 0.15) is 11.6 Å². The van der Waals surface area contributed by atoms with Crippen LogP contribution in [0.4, 0.5) is 10.2 Å². The van der Waals surface area contributed by atoms with Gasteiger partial charge in [-0.05, 0) is 49.0 Å². The molecule has 0 radical (unpaired) electrons. The molecule has 0 atom stereocenters. The lowest BCUT2D eigenvalue weighted by atomic mass is 10.0. The first-order valence-corrected chi connectivity index (χ1v) is 9.73. The first kappa shape index (κ1) is 20.6. The van der Waals surface area contributed by atoms with Crippen molar-refractivity contribution in [1.29, 1.82) is 0 Å². The number of carbonyl (C=O) groups excluding carboxylic acids is 1. The second-order valence-electron chi connectivity index (χ2n) is 6.89. The summed E-state index contributed by atoms with van der Waals surface area (Å²) < 4.78 is 14.5. The summed E-state index contributed by atoms with van der Waals surface area (Å²) in [4.78, 5) is 22.9. The monoisotopic (exact) mass is 394 g/mol. The Kier molecular flexibility index (Phi) is 7.03. The lowest BCUT2D eigenvalue weighted by Gasteiger charge is -2.20. The Bertz CT molecular complexity index is 997. The number of anilines is 1. The minimum absolute atomic E-state index is 0. The molecule has 152 valence electrons. The lowest BCUT2D eigenvalue weighted by molar-refractivity contribution is -0.117. The van der Waals surface area contributed by atoms with Crippen molar-refractivity contribution in [3.05, 3.63) is 67.4 Å². The van der Waals surface area contributed by atoms with Crippen LogP contribution in [-0.4, -0.2) is 40.4 Å². The summed E-state index contributed by atoms with van der Waals surface area (Å²) in [6.45, 7) is 7.76. The van der Waals surface area contributed by atoms with Gasteiger partial charge in [0.2, 0.25) is 5.91 Å². The third-order valence-electron chi connectivity index (χ3n) is 4.60. The van der Waals surface area contributed by atoms with Crippen molar-refractivity contribution in [3.8, 4) is 11.1 Å². The van der Waals surface area contributed by atoms with Gasteiger partial charge in [-0.2, -0.15) is 0 Å². The van der Waals surface area contributed by atoms with Gasteiger partial charge in [0, 0.05) is 43.1 Å². The third kappa shape index (κ3) is 5.45. The Balaban J connectivity index is 0.00000320. The van der Waals surface area contributed by atoms with E-state index in [0.29, 0.717) is 28.9 Å². The zero-order valence-electron chi connectivity index (χ0n) is 16.6. The van der Waals surface area contributed by atoms with Crippen LogP contribution in [0.25, 0.3) is 21.9 Å². The van der Waals surface area contributed by atoms with E-state index in [1.807, 2.05) is 12.1 Å². The summed E-state index contributed by atoms with van der Waals surface area (Å²) >= 11 is 0. The molecule has 0 unspecified atom stereocenters. The number of pyridine rings is 2. The number of fused-ring (bicyclic) bond motifs is 1. The summed E-state index contributed by atoms with van der Waals surface area (Å²) in [6, 6.07) is 8.56. The first-order valence-electron chi connectivity index (χ1n) is 9.73. The fraction of sp³-hybridized carbons (Fsp3) is 0.261. The van der Waals surface area contributed by atoms with Crippen LogP contribution in [0, 0.1) is 5.82 Å². The van der Waals surface area contributed by atoms with Crippen LogP contribution in [-0.2, 0) is 4.79 Å². The Morgan fingerprint density at radius 3 is 2.86 bits per heavy atom. The highest BCUT2D eigenvalue weighted by Crippen LogP contribution is 2.28. The maximum absolute atomic E-state index is 14.5. The zero-order chi connectivity index (χ0) is 20.6. The van der Waals surface area contributed by atoms with Crippen molar-refractivity contribution in [2.24, 2.45) is 0 Å². The standard InChI is InChI=1S/C23H25FN4O.H2/c1-3-5-10-28(9-4-2)16-23(29)27-22-13-18-11-20(17-7-6-8-25-14-17)21(24)12-19(18)15-26-22;/h3,6-8,11-15H,1,4-5,9-10,16H2,2H3,(H,26,27,29);1H. The van der Waals surface area contributed by atoms with Crippen molar-refractivity contribution in [1.82, 2.24) is 14.9 Å². The van der Waals surface area contributed by atoms with Gasteiger partial charge >= 0.3 is 0 Å². The van der Waals surface area contributed by atoms with Crippen LogP contribution >= 0.6 is 0 Å². The van der Waals surface area contributed by atoms with Gasteiger partial charge in [-0.3, -0.25) is 14.7 Å². The Morgan fingerprint density at radius 1 is 1.28 bits per heavy atom. The van der Waals surface area contributed by atoms with Crippen molar-refractivity contribution < 1.29 is 10.6 Å². The Morgan fingerprint density at radius 2 is 2.14 bits per heavy atom. The maximum Gasteiger partial charge on any atom is 0.239 e. The molecule has 5 nitrogen and oxygen atoms in total. The second kappa shape index (κ2) is 9.89. The molecule has 3 rings (SSSR count). The van der Waals surface area contributed by atoms with Crippen molar-refractivity contribution in [3.63, 3.8) is 0 Å². The van der Waals surface area contributed by atoms with Crippen molar-refractivity contribution >= 4 is 22.5 Å². The van der Waals surface area contributed by atoms with Gasteiger partial charge in [-0.15, -0.1) is 6.58 Å². The van der Waals surface area contributed by atoms with Gasteiger partial charge in [-0.25, -0.2) is 9.37 Å². The van der Waals surface area contributed by atoms with E-state index in [2.05, 4.69) is 33.7 Å². The largest absolute Gasteiger partial charge is 0.310 e. The number of hydrogen-bond donors (Lipinski definition) is 1. The quantitative estimate of drug-likeness (QED) is 0.524. The van der Waals surface area contributed by atoms with E-state index in [-0.39, 0.29) is 13.2 Å². The van der Waals surface area contributed by atoms with Gasteiger partial charge in [0.25, 0.3) is 0 Å². The van der Waals surface area contributed by atoms with E-state index in [0.717, 1.165) is 31.3 Å². The number of hydrogen-bond acceptors (Lipinski definition) is 4. The summed E-state index contributed by atoms with van der Waals surface area (Å²) in [5.41, 5.74) is 1.17. The van der Waals surface area contributed by atoms with Crippen LogP contribution in [0.3, 0.4) is 0 Å². The van der Waals surface area contributed by atoms with Crippen LogP contribution in [0.15, 0.2) is 61.6 Å². The number of rotatable bonds is 9. The number of aromatic nitrogens is 2. The number of carbonyl (C=O) groups is 1. The third-order valence-corrected chi connectivity index (χ3v) is 4.60. The van der Waals surface area contributed by atoms with Crippen LogP contribution < -0.4 is 5.32 Å². The van der Waals surface area contributed by atoms with Gasteiger partial charge in [0.05, 0.1) is 6.54 Å². The lowest BCUT2D eigenvalue weighted by Crippen LogP contribution is -2.34. The van der Waals surface area contributed by atoms with E-state index >= 15 is 0 Å². The predicted octanol–water partition coefficient (Wildman–Crippen LogP) is 4.91.